The molecule has 0 aromatic heterocycles. The van der Waals surface area contributed by atoms with E-state index in [9.17, 15) is 19.8 Å². The van der Waals surface area contributed by atoms with Crippen LogP contribution in [0.2, 0.25) is 0 Å². The van der Waals surface area contributed by atoms with Gasteiger partial charge in [-0.2, -0.15) is 0 Å². The van der Waals surface area contributed by atoms with Gasteiger partial charge in [0.05, 0.1) is 10.8 Å². The Morgan fingerprint density at radius 3 is 1.75 bits per heavy atom. The number of aryl methyl sites for hydroxylation is 2. The molecule has 0 aliphatic heterocycles. The second-order valence-corrected chi connectivity index (χ2v) is 9.10. The molecule has 28 heavy (non-hydrogen) atoms. The molecule has 0 aliphatic carbocycles. The van der Waals surface area contributed by atoms with Crippen molar-refractivity contribution < 1.29 is 24.9 Å². The number of phenolic OH excluding ortho intramolecular Hbond substituents is 1. The van der Waals surface area contributed by atoms with Crippen LogP contribution in [0.25, 0.3) is 0 Å². The number of hydrogen-bond donors (Lipinski definition) is 3. The van der Waals surface area contributed by atoms with Crippen LogP contribution < -0.4 is 0 Å². The number of benzene rings is 1. The minimum absolute atomic E-state index is 0.257. The molecule has 0 saturated carbocycles. The number of aromatic hydroxyl groups is 1. The standard InChI is InChI=1S/C23H36O5/c1-22(2,20(25)26)14-8-5-6-10-17-12-13-19(24)16-18(17)11-7-9-15-23(3,4)21(27)28/h12-13,16,24H,5-11,14-15H2,1-4H3,(H,25,26)(H,27,28). The monoisotopic (exact) mass is 392 g/mol. The SMILES string of the molecule is CC(C)(CCCCCc1ccc(O)cc1CCCCC(C)(C)C(=O)O)C(=O)O. The van der Waals surface area contributed by atoms with Crippen molar-refractivity contribution in [3.05, 3.63) is 29.3 Å². The lowest BCUT2D eigenvalue weighted by molar-refractivity contribution is -0.148. The highest BCUT2D eigenvalue weighted by atomic mass is 16.4. The molecular weight excluding hydrogens is 356 g/mol. The summed E-state index contributed by atoms with van der Waals surface area (Å²) in [4.78, 5) is 22.3. The van der Waals surface area contributed by atoms with Crippen LogP contribution in [-0.2, 0) is 22.4 Å². The Morgan fingerprint density at radius 2 is 1.21 bits per heavy atom. The van der Waals surface area contributed by atoms with E-state index in [0.29, 0.717) is 12.8 Å². The Morgan fingerprint density at radius 1 is 0.750 bits per heavy atom. The number of carboxylic acid groups (broad SMARTS) is 2. The van der Waals surface area contributed by atoms with E-state index in [2.05, 4.69) is 0 Å². The van der Waals surface area contributed by atoms with Gasteiger partial charge in [0.25, 0.3) is 0 Å². The van der Waals surface area contributed by atoms with Gasteiger partial charge in [-0.05, 0) is 89.5 Å². The number of hydrogen-bond acceptors (Lipinski definition) is 3. The summed E-state index contributed by atoms with van der Waals surface area (Å²) in [6.07, 6.45) is 7.61. The molecule has 158 valence electrons. The molecule has 0 unspecified atom stereocenters. The predicted molar refractivity (Wildman–Crippen MR) is 111 cm³/mol. The molecular formula is C23H36O5. The van der Waals surface area contributed by atoms with Crippen LogP contribution in [-0.4, -0.2) is 27.3 Å². The minimum atomic E-state index is -0.767. The summed E-state index contributed by atoms with van der Waals surface area (Å²) in [5.74, 6) is -1.26. The fraction of sp³-hybridized carbons (Fsp3) is 0.652. The number of phenols is 1. The molecule has 0 bridgehead atoms. The van der Waals surface area contributed by atoms with E-state index in [0.717, 1.165) is 50.5 Å². The van der Waals surface area contributed by atoms with Crippen molar-refractivity contribution in [1.82, 2.24) is 0 Å². The topological polar surface area (TPSA) is 94.8 Å². The quantitative estimate of drug-likeness (QED) is 0.389. The molecule has 0 heterocycles. The Bertz CT molecular complexity index is 661. The Hall–Kier alpha value is -2.04. The maximum absolute atomic E-state index is 11.2. The molecule has 0 amide bonds. The number of aliphatic carboxylic acids is 2. The molecule has 1 aromatic carbocycles. The van der Waals surface area contributed by atoms with E-state index in [1.165, 1.54) is 5.56 Å². The highest BCUT2D eigenvalue weighted by Gasteiger charge is 2.26. The molecule has 0 radical (unpaired) electrons. The molecule has 1 aromatic rings. The molecule has 0 saturated heterocycles. The van der Waals surface area contributed by atoms with Crippen LogP contribution in [0.15, 0.2) is 18.2 Å². The second kappa shape index (κ2) is 10.5. The molecule has 0 fully saturated rings. The molecule has 1 rings (SSSR count). The number of rotatable bonds is 13. The van der Waals surface area contributed by atoms with Gasteiger partial charge in [-0.1, -0.05) is 25.3 Å². The first-order chi connectivity index (χ1) is 13.0. The summed E-state index contributed by atoms with van der Waals surface area (Å²) in [5.41, 5.74) is 0.963. The van der Waals surface area contributed by atoms with Crippen molar-refractivity contribution in [1.29, 1.82) is 0 Å². The fourth-order valence-electron chi connectivity index (χ4n) is 3.24. The van der Waals surface area contributed by atoms with Crippen LogP contribution >= 0.6 is 0 Å². The summed E-state index contributed by atoms with van der Waals surface area (Å²) in [7, 11) is 0. The van der Waals surface area contributed by atoms with Gasteiger partial charge in [-0.25, -0.2) is 0 Å². The van der Waals surface area contributed by atoms with Gasteiger partial charge in [0.1, 0.15) is 5.75 Å². The van der Waals surface area contributed by atoms with Crippen molar-refractivity contribution in [3.8, 4) is 5.75 Å². The van der Waals surface area contributed by atoms with Crippen LogP contribution in [0.4, 0.5) is 0 Å². The first kappa shape index (κ1) is 24.0. The minimum Gasteiger partial charge on any atom is -0.508 e. The van der Waals surface area contributed by atoms with Gasteiger partial charge >= 0.3 is 11.9 Å². The maximum Gasteiger partial charge on any atom is 0.309 e. The second-order valence-electron chi connectivity index (χ2n) is 9.10. The van der Waals surface area contributed by atoms with Gasteiger partial charge in [0.2, 0.25) is 0 Å². The lowest BCUT2D eigenvalue weighted by atomic mass is 9.86. The van der Waals surface area contributed by atoms with E-state index in [1.807, 2.05) is 12.1 Å². The molecule has 0 aliphatic rings. The third-order valence-corrected chi connectivity index (χ3v) is 5.59. The van der Waals surface area contributed by atoms with E-state index in [1.54, 1.807) is 33.8 Å². The van der Waals surface area contributed by atoms with Gasteiger partial charge in [0, 0.05) is 0 Å². The number of carboxylic acids is 2. The largest absolute Gasteiger partial charge is 0.508 e. The highest BCUT2D eigenvalue weighted by molar-refractivity contribution is 5.73. The van der Waals surface area contributed by atoms with E-state index < -0.39 is 22.8 Å². The Balaban J connectivity index is 2.49. The van der Waals surface area contributed by atoms with E-state index >= 15 is 0 Å². The van der Waals surface area contributed by atoms with Gasteiger partial charge in [-0.3, -0.25) is 9.59 Å². The van der Waals surface area contributed by atoms with Crippen molar-refractivity contribution in [2.75, 3.05) is 0 Å². The van der Waals surface area contributed by atoms with Gasteiger partial charge in [0.15, 0.2) is 0 Å². The highest BCUT2D eigenvalue weighted by Crippen LogP contribution is 2.27. The normalized spacial score (nSPS) is 12.1. The zero-order valence-electron chi connectivity index (χ0n) is 17.8. The molecule has 5 nitrogen and oxygen atoms in total. The first-order valence-electron chi connectivity index (χ1n) is 10.2. The average molecular weight is 393 g/mol. The zero-order chi connectivity index (χ0) is 21.4. The maximum atomic E-state index is 11.2. The number of unbranched alkanes of at least 4 members (excludes halogenated alkanes) is 3. The lowest BCUT2D eigenvalue weighted by Gasteiger charge is -2.19. The van der Waals surface area contributed by atoms with Crippen molar-refractivity contribution in [2.24, 2.45) is 10.8 Å². The number of carbonyl (C=O) groups is 2. The molecule has 5 heteroatoms. The summed E-state index contributed by atoms with van der Waals surface area (Å²) in [6.45, 7) is 7.03. The van der Waals surface area contributed by atoms with Gasteiger partial charge in [-0.15, -0.1) is 0 Å². The van der Waals surface area contributed by atoms with Gasteiger partial charge < -0.3 is 15.3 Å². The van der Waals surface area contributed by atoms with Crippen molar-refractivity contribution in [3.63, 3.8) is 0 Å². The molecule has 3 N–H and O–H groups in total. The summed E-state index contributed by atoms with van der Waals surface area (Å²) in [6, 6.07) is 5.48. The predicted octanol–water partition coefficient (Wildman–Crippen LogP) is 5.43. The summed E-state index contributed by atoms with van der Waals surface area (Å²) >= 11 is 0. The Labute approximate surface area is 168 Å². The van der Waals surface area contributed by atoms with Crippen LogP contribution in [0.5, 0.6) is 5.75 Å². The van der Waals surface area contributed by atoms with Crippen molar-refractivity contribution in [2.45, 2.75) is 85.5 Å². The fourth-order valence-corrected chi connectivity index (χ4v) is 3.24. The summed E-state index contributed by atoms with van der Waals surface area (Å²) < 4.78 is 0. The third-order valence-electron chi connectivity index (χ3n) is 5.59. The van der Waals surface area contributed by atoms with Crippen LogP contribution in [0, 0.1) is 10.8 Å². The van der Waals surface area contributed by atoms with E-state index in [4.69, 9.17) is 5.11 Å². The Kier molecular flexibility index (Phi) is 8.99. The molecule has 0 spiro atoms. The average Bonchev–Trinajstić information content (AvgIpc) is 2.59. The first-order valence-corrected chi connectivity index (χ1v) is 10.2. The van der Waals surface area contributed by atoms with Crippen molar-refractivity contribution >= 4 is 11.9 Å². The lowest BCUT2D eigenvalue weighted by Crippen LogP contribution is -2.23. The zero-order valence-corrected chi connectivity index (χ0v) is 17.8. The summed E-state index contributed by atoms with van der Waals surface area (Å²) in [5, 5.41) is 28.2. The van der Waals surface area contributed by atoms with E-state index in [-0.39, 0.29) is 5.75 Å². The third kappa shape index (κ3) is 7.91. The smallest absolute Gasteiger partial charge is 0.309 e. The molecule has 0 atom stereocenters. The van der Waals surface area contributed by atoms with Crippen LogP contribution in [0.1, 0.15) is 83.8 Å². The van der Waals surface area contributed by atoms with Crippen LogP contribution in [0.3, 0.4) is 0 Å².